The van der Waals surface area contributed by atoms with Crippen molar-refractivity contribution in [1.29, 1.82) is 0 Å². The predicted molar refractivity (Wildman–Crippen MR) is 79.5 cm³/mol. The largest absolute Gasteiger partial charge is 0.446 e. The van der Waals surface area contributed by atoms with E-state index in [9.17, 15) is 14.4 Å². The number of carbonyl (C=O) groups excluding carboxylic acids is 3. The Hall–Kier alpha value is -2.96. The molecule has 2 aromatic rings. The van der Waals surface area contributed by atoms with Crippen molar-refractivity contribution in [3.63, 3.8) is 0 Å². The summed E-state index contributed by atoms with van der Waals surface area (Å²) >= 11 is 0. The van der Waals surface area contributed by atoms with Gasteiger partial charge in [-0.25, -0.2) is 4.98 Å². The number of aryl methyl sites for hydroxylation is 1. The van der Waals surface area contributed by atoms with Crippen LogP contribution >= 0.6 is 0 Å². The van der Waals surface area contributed by atoms with Crippen LogP contribution in [-0.4, -0.2) is 34.2 Å². The van der Waals surface area contributed by atoms with E-state index >= 15 is 0 Å². The molecule has 1 aliphatic heterocycles. The molecule has 0 spiro atoms. The number of hydrogen-bond acceptors (Lipinski definition) is 5. The highest BCUT2D eigenvalue weighted by Crippen LogP contribution is 2.22. The first-order valence-corrected chi connectivity index (χ1v) is 7.19. The number of nitrogens with zero attached hydrogens (tertiary/aromatic N) is 2. The van der Waals surface area contributed by atoms with E-state index in [2.05, 4.69) is 10.3 Å². The zero-order chi connectivity index (χ0) is 16.4. The van der Waals surface area contributed by atoms with Gasteiger partial charge in [-0.1, -0.05) is 12.1 Å². The average Bonchev–Trinajstić information content (AvgIpc) is 3.07. The van der Waals surface area contributed by atoms with E-state index in [4.69, 9.17) is 4.42 Å². The van der Waals surface area contributed by atoms with Gasteiger partial charge in [-0.05, 0) is 19.1 Å². The van der Waals surface area contributed by atoms with Crippen LogP contribution in [0.25, 0.3) is 0 Å². The Morgan fingerprint density at radius 1 is 1.22 bits per heavy atom. The van der Waals surface area contributed by atoms with Crippen molar-refractivity contribution in [3.8, 4) is 0 Å². The zero-order valence-corrected chi connectivity index (χ0v) is 12.5. The fourth-order valence-electron chi connectivity index (χ4n) is 2.42. The van der Waals surface area contributed by atoms with Crippen LogP contribution in [0.4, 0.5) is 0 Å². The van der Waals surface area contributed by atoms with Crippen molar-refractivity contribution in [2.45, 2.75) is 19.9 Å². The van der Waals surface area contributed by atoms with E-state index in [-0.39, 0.29) is 37.2 Å². The number of rotatable bonds is 5. The van der Waals surface area contributed by atoms with E-state index in [0.717, 1.165) is 4.90 Å². The predicted octanol–water partition coefficient (Wildman–Crippen LogP) is 1.29. The molecule has 0 saturated heterocycles. The molecule has 2 heterocycles. The molecule has 7 nitrogen and oxygen atoms in total. The number of nitrogens with one attached hydrogen (secondary N) is 1. The van der Waals surface area contributed by atoms with E-state index in [1.165, 1.54) is 6.39 Å². The molecule has 0 saturated carbocycles. The quantitative estimate of drug-likeness (QED) is 0.840. The van der Waals surface area contributed by atoms with Crippen LogP contribution in [0.2, 0.25) is 0 Å². The Balaban J connectivity index is 1.55. The summed E-state index contributed by atoms with van der Waals surface area (Å²) in [4.78, 5) is 41.2. The molecule has 0 fully saturated rings. The number of oxazole rings is 1. The summed E-state index contributed by atoms with van der Waals surface area (Å²) in [5, 5.41) is 2.68. The van der Waals surface area contributed by atoms with Crippen LogP contribution in [-0.2, 0) is 11.3 Å². The lowest BCUT2D eigenvalue weighted by Crippen LogP contribution is -2.34. The second-order valence-electron chi connectivity index (χ2n) is 5.20. The molecule has 118 valence electrons. The third kappa shape index (κ3) is 2.85. The molecule has 7 heteroatoms. The zero-order valence-electron chi connectivity index (χ0n) is 12.5. The molecule has 23 heavy (non-hydrogen) atoms. The van der Waals surface area contributed by atoms with Gasteiger partial charge in [0, 0.05) is 13.0 Å². The Kier molecular flexibility index (Phi) is 3.92. The molecule has 1 aromatic heterocycles. The van der Waals surface area contributed by atoms with Gasteiger partial charge in [0.05, 0.1) is 23.4 Å². The van der Waals surface area contributed by atoms with Crippen LogP contribution in [0.15, 0.2) is 35.1 Å². The lowest BCUT2D eigenvalue weighted by molar-refractivity contribution is -0.121. The number of amides is 3. The van der Waals surface area contributed by atoms with Crippen LogP contribution in [0.1, 0.15) is 38.6 Å². The first-order chi connectivity index (χ1) is 11.1. The normalized spacial score (nSPS) is 13.3. The Labute approximate surface area is 132 Å². The lowest BCUT2D eigenvalue weighted by Gasteiger charge is -2.13. The van der Waals surface area contributed by atoms with Gasteiger partial charge in [-0.3, -0.25) is 19.3 Å². The minimum Gasteiger partial charge on any atom is -0.446 e. The lowest BCUT2D eigenvalue weighted by atomic mass is 10.1. The van der Waals surface area contributed by atoms with Crippen molar-refractivity contribution in [2.24, 2.45) is 0 Å². The number of hydrogen-bond donors (Lipinski definition) is 1. The Morgan fingerprint density at radius 2 is 1.87 bits per heavy atom. The smallest absolute Gasteiger partial charge is 0.261 e. The number of benzene rings is 1. The van der Waals surface area contributed by atoms with Gasteiger partial charge in [-0.2, -0.15) is 0 Å². The second-order valence-corrected chi connectivity index (χ2v) is 5.20. The standard InChI is InChI=1S/C16H15N3O4/c1-10-13(23-9-18-10)8-17-14(20)6-7-19-15(21)11-4-2-3-5-12(11)16(19)22/h2-5,9H,6-8H2,1H3,(H,17,20). The first kappa shape index (κ1) is 15.0. The van der Waals surface area contributed by atoms with E-state index in [1.54, 1.807) is 31.2 Å². The van der Waals surface area contributed by atoms with E-state index in [1.807, 2.05) is 0 Å². The molecule has 1 aromatic carbocycles. The van der Waals surface area contributed by atoms with E-state index in [0.29, 0.717) is 22.6 Å². The number of imide groups is 1. The van der Waals surface area contributed by atoms with Crippen molar-refractivity contribution < 1.29 is 18.8 Å². The SMILES string of the molecule is Cc1ncoc1CNC(=O)CCN1C(=O)c2ccccc2C1=O. The molecule has 0 aliphatic carbocycles. The summed E-state index contributed by atoms with van der Waals surface area (Å²) in [6.45, 7) is 2.06. The average molecular weight is 313 g/mol. The molecular formula is C16H15N3O4. The summed E-state index contributed by atoms with van der Waals surface area (Å²) in [6, 6.07) is 6.64. The summed E-state index contributed by atoms with van der Waals surface area (Å²) in [5.41, 5.74) is 1.48. The summed E-state index contributed by atoms with van der Waals surface area (Å²) in [6.07, 6.45) is 1.36. The van der Waals surface area contributed by atoms with Gasteiger partial charge in [0.1, 0.15) is 5.76 Å². The molecule has 0 bridgehead atoms. The topological polar surface area (TPSA) is 92.5 Å². The maximum atomic E-state index is 12.2. The summed E-state index contributed by atoms with van der Waals surface area (Å²) < 4.78 is 5.12. The molecule has 0 radical (unpaired) electrons. The Morgan fingerprint density at radius 3 is 2.43 bits per heavy atom. The second kappa shape index (κ2) is 6.04. The highest BCUT2D eigenvalue weighted by Gasteiger charge is 2.34. The van der Waals surface area contributed by atoms with Gasteiger partial charge in [0.2, 0.25) is 5.91 Å². The Bertz CT molecular complexity index is 746. The van der Waals surface area contributed by atoms with Crippen LogP contribution in [0.3, 0.4) is 0 Å². The van der Waals surface area contributed by atoms with Crippen LogP contribution in [0.5, 0.6) is 0 Å². The molecule has 1 N–H and O–H groups in total. The van der Waals surface area contributed by atoms with Crippen molar-refractivity contribution >= 4 is 17.7 Å². The maximum absolute atomic E-state index is 12.2. The van der Waals surface area contributed by atoms with Gasteiger partial charge < -0.3 is 9.73 Å². The molecule has 3 rings (SSSR count). The van der Waals surface area contributed by atoms with Crippen LogP contribution < -0.4 is 5.32 Å². The highest BCUT2D eigenvalue weighted by atomic mass is 16.3. The molecule has 0 atom stereocenters. The number of aromatic nitrogens is 1. The third-order valence-electron chi connectivity index (χ3n) is 3.73. The van der Waals surface area contributed by atoms with E-state index < -0.39 is 0 Å². The molecular weight excluding hydrogens is 298 g/mol. The number of carbonyl (C=O) groups is 3. The van der Waals surface area contributed by atoms with Crippen molar-refractivity contribution in [2.75, 3.05) is 6.54 Å². The fraction of sp³-hybridized carbons (Fsp3) is 0.250. The molecule has 0 unspecified atom stereocenters. The highest BCUT2D eigenvalue weighted by molar-refractivity contribution is 6.21. The first-order valence-electron chi connectivity index (χ1n) is 7.19. The number of fused-ring (bicyclic) bond motifs is 1. The van der Waals surface area contributed by atoms with Gasteiger partial charge in [0.25, 0.3) is 11.8 Å². The van der Waals surface area contributed by atoms with Crippen molar-refractivity contribution in [1.82, 2.24) is 15.2 Å². The van der Waals surface area contributed by atoms with Gasteiger partial charge in [-0.15, -0.1) is 0 Å². The van der Waals surface area contributed by atoms with Crippen LogP contribution in [0, 0.1) is 6.92 Å². The summed E-state index contributed by atoms with van der Waals surface area (Å²) in [5.74, 6) is -0.398. The minimum atomic E-state index is -0.357. The molecule has 3 amide bonds. The summed E-state index contributed by atoms with van der Waals surface area (Å²) in [7, 11) is 0. The van der Waals surface area contributed by atoms with Crippen molar-refractivity contribution in [3.05, 3.63) is 53.2 Å². The maximum Gasteiger partial charge on any atom is 0.261 e. The minimum absolute atomic E-state index is 0.0403. The molecule has 1 aliphatic rings. The van der Waals surface area contributed by atoms with Gasteiger partial charge >= 0.3 is 0 Å². The monoisotopic (exact) mass is 313 g/mol. The third-order valence-corrected chi connectivity index (χ3v) is 3.73. The fourth-order valence-corrected chi connectivity index (χ4v) is 2.42. The van der Waals surface area contributed by atoms with Gasteiger partial charge in [0.15, 0.2) is 6.39 Å².